The van der Waals surface area contributed by atoms with Gasteiger partial charge in [-0.3, -0.25) is 9.59 Å². The Balaban J connectivity index is 1.18. The summed E-state index contributed by atoms with van der Waals surface area (Å²) in [6.45, 7) is 0. The largest absolute Gasteiger partial charge is 0.469 e. The van der Waals surface area contributed by atoms with Gasteiger partial charge in [0.1, 0.15) is 0 Å². The fourth-order valence-electron chi connectivity index (χ4n) is 10.8. The van der Waals surface area contributed by atoms with Crippen molar-refractivity contribution < 1.29 is 19.1 Å². The van der Waals surface area contributed by atoms with E-state index in [0.29, 0.717) is 21.7 Å². The fraction of sp³-hybridized carbons (Fsp3) is 0.929. The third-order valence-electron chi connectivity index (χ3n) is 13.2. The third-order valence-corrected chi connectivity index (χ3v) is 13.2. The van der Waals surface area contributed by atoms with Crippen LogP contribution >= 0.6 is 0 Å². The van der Waals surface area contributed by atoms with Gasteiger partial charge in [0, 0.05) is 0 Å². The molecule has 0 unspecified atom stereocenters. The van der Waals surface area contributed by atoms with Crippen molar-refractivity contribution >= 4 is 11.9 Å². The van der Waals surface area contributed by atoms with Gasteiger partial charge >= 0.3 is 11.9 Å². The molecule has 9 saturated carbocycles. The van der Waals surface area contributed by atoms with Gasteiger partial charge in [0.25, 0.3) is 0 Å². The summed E-state index contributed by atoms with van der Waals surface area (Å²) in [5.74, 6) is 0.123. The third kappa shape index (κ3) is 2.45. The summed E-state index contributed by atoms with van der Waals surface area (Å²) >= 11 is 0. The van der Waals surface area contributed by atoms with Crippen LogP contribution in [0.25, 0.3) is 0 Å². The maximum atomic E-state index is 12.5. The van der Waals surface area contributed by atoms with Crippen molar-refractivity contribution in [2.24, 2.45) is 32.5 Å². The Morgan fingerprint density at radius 1 is 0.406 bits per heavy atom. The first kappa shape index (κ1) is 21.5. The number of carbonyl (C=O) groups is 2. The average Bonchev–Trinajstić information content (AvgIpc) is 2.90. The molecule has 0 aliphatic heterocycles. The van der Waals surface area contributed by atoms with Crippen LogP contribution in [0.3, 0.4) is 0 Å². The maximum absolute atomic E-state index is 12.5. The molecule has 0 heterocycles. The van der Waals surface area contributed by atoms with E-state index in [2.05, 4.69) is 0 Å². The highest BCUT2D eigenvalue weighted by Crippen LogP contribution is 2.77. The molecule has 0 aromatic heterocycles. The van der Waals surface area contributed by atoms with E-state index in [9.17, 15) is 9.59 Å². The summed E-state index contributed by atoms with van der Waals surface area (Å²) in [5.41, 5.74) is 1.74. The Kier molecular flexibility index (Phi) is 4.53. The minimum Gasteiger partial charge on any atom is -0.469 e. The SMILES string of the molecule is COC(=O)C12CCC(C34CCC(C56CCC(C(=O)OC)(CC5)CC6)(CC3)CC4)(CC1)CC2. The molecule has 0 atom stereocenters. The van der Waals surface area contributed by atoms with Gasteiger partial charge in [0.15, 0.2) is 0 Å². The molecule has 9 rings (SSSR count). The monoisotopic (exact) mass is 442 g/mol. The van der Waals surface area contributed by atoms with Gasteiger partial charge in [-0.05, 0) is 137 Å². The molecular weight excluding hydrogens is 400 g/mol. The lowest BCUT2D eigenvalue weighted by Crippen LogP contribution is -2.61. The summed E-state index contributed by atoms with van der Waals surface area (Å²) in [5, 5.41) is 0. The normalized spacial score (nSPS) is 51.4. The highest BCUT2D eigenvalue weighted by molar-refractivity contribution is 5.77. The summed E-state index contributed by atoms with van der Waals surface area (Å²) in [6, 6.07) is 0. The molecule has 0 radical (unpaired) electrons. The quantitative estimate of drug-likeness (QED) is 0.476. The Morgan fingerprint density at radius 3 is 0.781 bits per heavy atom. The van der Waals surface area contributed by atoms with Crippen LogP contribution in [0.4, 0.5) is 0 Å². The van der Waals surface area contributed by atoms with Crippen LogP contribution in [-0.4, -0.2) is 26.2 Å². The smallest absolute Gasteiger partial charge is 0.311 e. The van der Waals surface area contributed by atoms with Gasteiger partial charge in [-0.2, -0.15) is 0 Å². The van der Waals surface area contributed by atoms with Crippen LogP contribution in [0.5, 0.6) is 0 Å². The number of methoxy groups -OCH3 is 2. The van der Waals surface area contributed by atoms with Crippen LogP contribution in [0.2, 0.25) is 0 Å². The number of carbonyl (C=O) groups excluding carboxylic acids is 2. The molecule has 32 heavy (non-hydrogen) atoms. The van der Waals surface area contributed by atoms with Crippen molar-refractivity contribution in [2.45, 2.75) is 116 Å². The van der Waals surface area contributed by atoms with Crippen molar-refractivity contribution in [1.29, 1.82) is 0 Å². The number of fused-ring (bicyclic) bond motifs is 9. The standard InChI is InChI=1S/C28H42O4/c1-31-21(29)23-3-9-25(10-4-23,11-5-23)27-15-18-28(19-16-27,20-17-27)26-12-6-24(7-13-26,8-14-26)22(30)32-2/h3-20H2,1-2H3. The van der Waals surface area contributed by atoms with Gasteiger partial charge < -0.3 is 9.47 Å². The summed E-state index contributed by atoms with van der Waals surface area (Å²) in [6.07, 6.45) is 22.4. The summed E-state index contributed by atoms with van der Waals surface area (Å²) < 4.78 is 10.4. The molecule has 9 aliphatic carbocycles. The van der Waals surface area contributed by atoms with E-state index < -0.39 is 0 Å². The minimum atomic E-state index is -0.157. The Bertz CT molecular complexity index is 684. The number of hydrogen-bond donors (Lipinski definition) is 0. The molecule has 0 aromatic carbocycles. The lowest BCUT2D eigenvalue weighted by molar-refractivity contribution is -0.214. The number of hydrogen-bond acceptors (Lipinski definition) is 4. The van der Waals surface area contributed by atoms with Gasteiger partial charge in [-0.1, -0.05) is 0 Å². The van der Waals surface area contributed by atoms with Gasteiger partial charge in [0.05, 0.1) is 25.0 Å². The van der Waals surface area contributed by atoms with Gasteiger partial charge in [-0.25, -0.2) is 0 Å². The van der Waals surface area contributed by atoms with Crippen LogP contribution in [0.15, 0.2) is 0 Å². The molecule has 0 N–H and O–H groups in total. The van der Waals surface area contributed by atoms with Crippen molar-refractivity contribution in [3.63, 3.8) is 0 Å². The molecule has 178 valence electrons. The molecular formula is C28H42O4. The zero-order valence-corrected chi connectivity index (χ0v) is 20.4. The lowest BCUT2D eigenvalue weighted by atomic mass is 9.34. The molecule has 0 amide bonds. The zero-order chi connectivity index (χ0) is 22.3. The van der Waals surface area contributed by atoms with Gasteiger partial charge in [0.2, 0.25) is 0 Å². The zero-order valence-electron chi connectivity index (χ0n) is 20.4. The second-order valence-corrected chi connectivity index (χ2v) is 13.2. The number of esters is 2. The van der Waals surface area contributed by atoms with E-state index in [4.69, 9.17) is 9.47 Å². The first-order valence-corrected chi connectivity index (χ1v) is 13.5. The van der Waals surface area contributed by atoms with E-state index in [0.717, 1.165) is 38.5 Å². The summed E-state index contributed by atoms with van der Waals surface area (Å²) in [4.78, 5) is 25.0. The first-order valence-electron chi connectivity index (χ1n) is 13.5. The first-order chi connectivity index (χ1) is 15.3. The van der Waals surface area contributed by atoms with E-state index in [1.807, 2.05) is 0 Å². The van der Waals surface area contributed by atoms with Crippen LogP contribution in [0.1, 0.15) is 116 Å². The predicted octanol–water partition coefficient (Wildman–Crippen LogP) is 6.35. The van der Waals surface area contributed by atoms with Crippen LogP contribution < -0.4 is 0 Å². The summed E-state index contributed by atoms with van der Waals surface area (Å²) in [7, 11) is 3.14. The van der Waals surface area contributed by atoms with Crippen molar-refractivity contribution in [2.75, 3.05) is 14.2 Å². The van der Waals surface area contributed by atoms with E-state index in [1.165, 1.54) is 77.0 Å². The second kappa shape index (κ2) is 6.75. The van der Waals surface area contributed by atoms with Crippen molar-refractivity contribution in [3.8, 4) is 0 Å². The van der Waals surface area contributed by atoms with E-state index in [1.54, 1.807) is 14.2 Å². The molecule has 9 aliphatic rings. The second-order valence-electron chi connectivity index (χ2n) is 13.2. The van der Waals surface area contributed by atoms with E-state index in [-0.39, 0.29) is 22.8 Å². The van der Waals surface area contributed by atoms with Crippen molar-refractivity contribution in [1.82, 2.24) is 0 Å². The van der Waals surface area contributed by atoms with Gasteiger partial charge in [-0.15, -0.1) is 0 Å². The lowest BCUT2D eigenvalue weighted by Gasteiger charge is -2.71. The van der Waals surface area contributed by atoms with Crippen LogP contribution in [0, 0.1) is 32.5 Å². The highest BCUT2D eigenvalue weighted by Gasteiger charge is 2.68. The number of rotatable bonds is 4. The average molecular weight is 443 g/mol. The molecule has 9 fully saturated rings. The minimum absolute atomic E-state index is 0.0614. The number of ether oxygens (including phenoxy) is 2. The molecule has 6 bridgehead atoms. The fourth-order valence-corrected chi connectivity index (χ4v) is 10.8. The molecule has 0 spiro atoms. The Labute approximate surface area is 193 Å². The predicted molar refractivity (Wildman–Crippen MR) is 122 cm³/mol. The van der Waals surface area contributed by atoms with Crippen molar-refractivity contribution in [3.05, 3.63) is 0 Å². The Morgan fingerprint density at radius 2 is 0.594 bits per heavy atom. The molecule has 0 saturated heterocycles. The molecule has 4 nitrogen and oxygen atoms in total. The topological polar surface area (TPSA) is 52.6 Å². The maximum Gasteiger partial charge on any atom is 0.311 e. The molecule has 4 heteroatoms. The highest BCUT2D eigenvalue weighted by atomic mass is 16.5. The Hall–Kier alpha value is -1.06. The van der Waals surface area contributed by atoms with Crippen LogP contribution in [-0.2, 0) is 19.1 Å². The molecule has 0 aromatic rings. The van der Waals surface area contributed by atoms with E-state index >= 15 is 0 Å².